The molecule has 0 saturated heterocycles. The van der Waals surface area contributed by atoms with Crippen molar-refractivity contribution in [3.8, 4) is 11.4 Å². The summed E-state index contributed by atoms with van der Waals surface area (Å²) in [7, 11) is 1.68. The van der Waals surface area contributed by atoms with Crippen molar-refractivity contribution in [3.05, 3.63) is 66.1 Å². The van der Waals surface area contributed by atoms with Gasteiger partial charge in [-0.15, -0.1) is 0 Å². The zero-order valence-corrected chi connectivity index (χ0v) is 16.1. The van der Waals surface area contributed by atoms with Gasteiger partial charge in [-0.25, -0.2) is 4.79 Å². The minimum absolute atomic E-state index is 0.0930. The van der Waals surface area contributed by atoms with Gasteiger partial charge in [0, 0.05) is 18.3 Å². The Hall–Kier alpha value is -3.15. The molecule has 6 heteroatoms. The molecule has 6 nitrogen and oxygen atoms in total. The van der Waals surface area contributed by atoms with E-state index in [9.17, 15) is 4.79 Å². The van der Waals surface area contributed by atoms with E-state index in [-0.39, 0.29) is 18.0 Å². The van der Waals surface area contributed by atoms with Crippen molar-refractivity contribution in [2.75, 3.05) is 12.4 Å². The van der Waals surface area contributed by atoms with E-state index in [1.54, 1.807) is 7.05 Å². The first-order chi connectivity index (χ1) is 12.8. The van der Waals surface area contributed by atoms with Crippen LogP contribution in [0.3, 0.4) is 0 Å². The van der Waals surface area contributed by atoms with Crippen molar-refractivity contribution < 1.29 is 9.32 Å². The van der Waals surface area contributed by atoms with Gasteiger partial charge < -0.3 is 14.7 Å². The lowest BCUT2D eigenvalue weighted by atomic mass is 9.87. The Labute approximate surface area is 159 Å². The zero-order valence-electron chi connectivity index (χ0n) is 16.1. The van der Waals surface area contributed by atoms with Crippen molar-refractivity contribution in [2.24, 2.45) is 0 Å². The molecule has 140 valence electrons. The van der Waals surface area contributed by atoms with Crippen molar-refractivity contribution in [1.29, 1.82) is 0 Å². The smallest absolute Gasteiger partial charge is 0.322 e. The molecule has 1 N–H and O–H groups in total. The number of rotatable bonds is 4. The minimum Gasteiger partial charge on any atom is -0.337 e. The summed E-state index contributed by atoms with van der Waals surface area (Å²) >= 11 is 0. The molecular weight excluding hydrogens is 340 g/mol. The van der Waals surface area contributed by atoms with Crippen LogP contribution in [0.4, 0.5) is 10.5 Å². The molecule has 0 fully saturated rings. The summed E-state index contributed by atoms with van der Waals surface area (Å²) < 4.78 is 5.30. The number of carbonyl (C=O) groups excluding carboxylic acids is 1. The van der Waals surface area contributed by atoms with E-state index in [2.05, 4.69) is 48.4 Å². The molecule has 1 aromatic heterocycles. The van der Waals surface area contributed by atoms with Crippen LogP contribution in [0.25, 0.3) is 11.4 Å². The lowest BCUT2D eigenvalue weighted by molar-refractivity contribution is 0.213. The highest BCUT2D eigenvalue weighted by Gasteiger charge is 2.16. The Bertz CT molecular complexity index is 896. The average Bonchev–Trinajstić information content (AvgIpc) is 3.10. The Balaban J connectivity index is 1.64. The predicted octanol–water partition coefficient (Wildman–Crippen LogP) is 4.70. The van der Waals surface area contributed by atoms with Crippen LogP contribution in [-0.2, 0) is 12.0 Å². The van der Waals surface area contributed by atoms with Crippen LogP contribution in [-0.4, -0.2) is 28.1 Å². The molecule has 0 radical (unpaired) electrons. The topological polar surface area (TPSA) is 71.3 Å². The third-order valence-corrected chi connectivity index (χ3v) is 4.22. The molecule has 0 aliphatic heterocycles. The number of anilines is 1. The molecule has 1 heterocycles. The highest BCUT2D eigenvalue weighted by Crippen LogP contribution is 2.25. The normalized spacial score (nSPS) is 11.3. The second-order valence-electron chi connectivity index (χ2n) is 7.49. The second-order valence-corrected chi connectivity index (χ2v) is 7.49. The third-order valence-electron chi connectivity index (χ3n) is 4.22. The average molecular weight is 364 g/mol. The Morgan fingerprint density at radius 3 is 2.37 bits per heavy atom. The molecule has 27 heavy (non-hydrogen) atoms. The van der Waals surface area contributed by atoms with E-state index >= 15 is 0 Å². The van der Waals surface area contributed by atoms with Gasteiger partial charge >= 0.3 is 6.03 Å². The van der Waals surface area contributed by atoms with Crippen molar-refractivity contribution in [2.45, 2.75) is 32.7 Å². The van der Waals surface area contributed by atoms with Crippen LogP contribution < -0.4 is 5.32 Å². The number of nitrogens with zero attached hydrogens (tertiary/aromatic N) is 3. The van der Waals surface area contributed by atoms with Gasteiger partial charge in [-0.05, 0) is 23.1 Å². The number of carbonyl (C=O) groups is 1. The fraction of sp³-hybridized carbons (Fsp3) is 0.286. The maximum atomic E-state index is 12.2. The van der Waals surface area contributed by atoms with E-state index in [4.69, 9.17) is 4.52 Å². The Morgan fingerprint density at radius 2 is 1.74 bits per heavy atom. The van der Waals surface area contributed by atoms with Gasteiger partial charge in [-0.2, -0.15) is 4.98 Å². The lowest BCUT2D eigenvalue weighted by Gasteiger charge is -2.18. The second kappa shape index (κ2) is 7.61. The molecule has 3 aromatic rings. The van der Waals surface area contributed by atoms with E-state index in [1.807, 2.05) is 42.5 Å². The molecule has 2 aromatic carbocycles. The van der Waals surface area contributed by atoms with Crippen molar-refractivity contribution >= 4 is 11.7 Å². The Morgan fingerprint density at radius 1 is 1.07 bits per heavy atom. The van der Waals surface area contributed by atoms with Gasteiger partial charge in [0.1, 0.15) is 6.54 Å². The number of benzene rings is 2. The summed E-state index contributed by atoms with van der Waals surface area (Å²) in [6, 6.07) is 17.2. The fourth-order valence-corrected chi connectivity index (χ4v) is 2.57. The van der Waals surface area contributed by atoms with E-state index in [1.165, 1.54) is 10.5 Å². The summed E-state index contributed by atoms with van der Waals surface area (Å²) in [6.45, 7) is 6.74. The lowest BCUT2D eigenvalue weighted by Crippen LogP contribution is -2.30. The number of nitrogens with one attached hydrogen (secondary N) is 1. The summed E-state index contributed by atoms with van der Waals surface area (Å²) in [6.07, 6.45) is 0. The minimum atomic E-state index is -0.240. The quantitative estimate of drug-likeness (QED) is 0.728. The van der Waals surface area contributed by atoms with Gasteiger partial charge in [0.15, 0.2) is 0 Å². The van der Waals surface area contributed by atoms with E-state index in [0.29, 0.717) is 11.7 Å². The summed E-state index contributed by atoms with van der Waals surface area (Å²) in [5.41, 5.74) is 2.96. The molecule has 0 bridgehead atoms. The maximum absolute atomic E-state index is 12.2. The molecule has 0 atom stereocenters. The zero-order chi connectivity index (χ0) is 19.4. The van der Waals surface area contributed by atoms with Gasteiger partial charge in [0.05, 0.1) is 0 Å². The first-order valence-electron chi connectivity index (χ1n) is 8.83. The Kier molecular flexibility index (Phi) is 5.26. The standard InChI is InChI=1S/C21H24N4O2/c1-21(2,3)16-12-10-15(11-13-16)19-23-18(27-24-19)14-25(4)20(26)22-17-8-6-5-7-9-17/h5-13H,14H2,1-4H3,(H,22,26). The number of urea groups is 1. The molecule has 0 aliphatic carbocycles. The monoisotopic (exact) mass is 364 g/mol. The number of hydrogen-bond donors (Lipinski definition) is 1. The molecule has 2 amide bonds. The molecule has 0 aliphatic rings. The van der Waals surface area contributed by atoms with Crippen molar-refractivity contribution in [1.82, 2.24) is 15.0 Å². The number of aromatic nitrogens is 2. The molecule has 0 unspecified atom stereocenters. The van der Waals surface area contributed by atoms with Crippen LogP contribution in [0.2, 0.25) is 0 Å². The highest BCUT2D eigenvalue weighted by atomic mass is 16.5. The third kappa shape index (κ3) is 4.73. The number of hydrogen-bond acceptors (Lipinski definition) is 4. The summed E-state index contributed by atoms with van der Waals surface area (Å²) in [4.78, 5) is 18.1. The largest absolute Gasteiger partial charge is 0.337 e. The van der Waals surface area contributed by atoms with Crippen LogP contribution in [0.1, 0.15) is 32.2 Å². The molecule has 0 spiro atoms. The van der Waals surface area contributed by atoms with Gasteiger partial charge in [0.25, 0.3) is 0 Å². The number of para-hydroxylation sites is 1. The van der Waals surface area contributed by atoms with Crippen LogP contribution >= 0.6 is 0 Å². The summed E-state index contributed by atoms with van der Waals surface area (Å²) in [5.74, 6) is 0.901. The van der Waals surface area contributed by atoms with Gasteiger partial charge in [0.2, 0.25) is 11.7 Å². The van der Waals surface area contributed by atoms with Crippen molar-refractivity contribution in [3.63, 3.8) is 0 Å². The number of amides is 2. The molecule has 0 saturated carbocycles. The highest BCUT2D eigenvalue weighted by molar-refractivity contribution is 5.88. The molecular formula is C21H24N4O2. The van der Waals surface area contributed by atoms with Crippen LogP contribution in [0.5, 0.6) is 0 Å². The summed E-state index contributed by atoms with van der Waals surface area (Å²) in [5, 5.41) is 6.85. The van der Waals surface area contributed by atoms with Gasteiger partial charge in [-0.3, -0.25) is 0 Å². The van der Waals surface area contributed by atoms with Crippen LogP contribution in [0.15, 0.2) is 59.1 Å². The predicted molar refractivity (Wildman–Crippen MR) is 105 cm³/mol. The molecule has 3 rings (SSSR count). The fourth-order valence-electron chi connectivity index (χ4n) is 2.57. The SMILES string of the molecule is CN(Cc1nc(-c2ccc(C(C)(C)C)cc2)no1)C(=O)Nc1ccccc1. The van der Waals surface area contributed by atoms with E-state index < -0.39 is 0 Å². The van der Waals surface area contributed by atoms with Gasteiger partial charge in [-0.1, -0.05) is 68.4 Å². The van der Waals surface area contributed by atoms with Crippen LogP contribution in [0, 0.1) is 0 Å². The maximum Gasteiger partial charge on any atom is 0.322 e. The van der Waals surface area contributed by atoms with E-state index in [0.717, 1.165) is 11.3 Å². The first kappa shape index (κ1) is 18.6. The first-order valence-corrected chi connectivity index (χ1v) is 8.83.